The van der Waals surface area contributed by atoms with Crippen molar-refractivity contribution >= 4 is 0 Å². The van der Waals surface area contributed by atoms with E-state index in [1.165, 1.54) is 16.7 Å². The van der Waals surface area contributed by atoms with Crippen LogP contribution in [0.5, 0.6) is 0 Å². The highest BCUT2D eigenvalue weighted by Crippen LogP contribution is 2.57. The number of nitrogens with zero attached hydrogens (tertiary/aromatic N) is 4. The average Bonchev–Trinajstić information content (AvgIpc) is 3.46. The lowest BCUT2D eigenvalue weighted by Gasteiger charge is -2.50. The molecule has 2 aliphatic rings. The summed E-state index contributed by atoms with van der Waals surface area (Å²) < 4.78 is 5.70. The molecule has 0 saturated heterocycles. The Labute approximate surface area is 174 Å². The fourth-order valence-electron chi connectivity index (χ4n) is 5.88. The number of aromatic amines is 1. The molecule has 2 aliphatic carbocycles. The van der Waals surface area contributed by atoms with Gasteiger partial charge in [0.2, 0.25) is 0 Å². The number of hydrogen-bond donors (Lipinski definition) is 1. The van der Waals surface area contributed by atoms with Gasteiger partial charge in [-0.1, -0.05) is 42.4 Å². The molecule has 6 nitrogen and oxygen atoms in total. The van der Waals surface area contributed by atoms with Crippen molar-refractivity contribution in [1.29, 1.82) is 0 Å². The number of hydrogen-bond acceptors (Lipinski definition) is 5. The fourth-order valence-corrected chi connectivity index (χ4v) is 5.88. The summed E-state index contributed by atoms with van der Waals surface area (Å²) in [5, 5.41) is 11.2. The van der Waals surface area contributed by atoms with Crippen LogP contribution >= 0.6 is 0 Å². The van der Waals surface area contributed by atoms with E-state index in [2.05, 4.69) is 52.6 Å². The molecule has 1 aromatic carbocycles. The molecule has 4 aromatic rings. The Hall–Kier alpha value is -3.28. The molecule has 6 heteroatoms. The predicted molar refractivity (Wildman–Crippen MR) is 112 cm³/mol. The molecule has 3 heterocycles. The lowest BCUT2D eigenvalue weighted by atomic mass is 9.53. The largest absolute Gasteiger partial charge is 0.361 e. The first-order valence-corrected chi connectivity index (χ1v) is 10.5. The first-order valence-electron chi connectivity index (χ1n) is 10.5. The molecular formula is C24H23N5O. The van der Waals surface area contributed by atoms with Gasteiger partial charge in [0, 0.05) is 34.2 Å². The van der Waals surface area contributed by atoms with Crippen molar-refractivity contribution in [3.8, 4) is 11.3 Å². The third kappa shape index (κ3) is 2.30. The Morgan fingerprint density at radius 3 is 2.80 bits per heavy atom. The number of benzene rings is 1. The van der Waals surface area contributed by atoms with Crippen molar-refractivity contribution in [2.45, 2.75) is 44.4 Å². The summed E-state index contributed by atoms with van der Waals surface area (Å²) in [5.74, 6) is 2.50. The second kappa shape index (κ2) is 6.36. The van der Waals surface area contributed by atoms with Crippen molar-refractivity contribution < 1.29 is 4.52 Å². The van der Waals surface area contributed by atoms with Crippen molar-refractivity contribution in [3.63, 3.8) is 0 Å². The van der Waals surface area contributed by atoms with E-state index in [0.717, 1.165) is 47.8 Å². The van der Waals surface area contributed by atoms with Gasteiger partial charge in [0.05, 0.1) is 23.8 Å². The minimum atomic E-state index is -0.223. The lowest BCUT2D eigenvalue weighted by molar-refractivity contribution is 0.188. The highest BCUT2D eigenvalue weighted by Gasteiger charge is 2.54. The molecule has 0 bridgehead atoms. The first kappa shape index (κ1) is 17.6. The standard InChI is InChI=1S/C24H23N5O/c1-14-20-9-8-19-21(17-11-25-26-12-17)28-15(2)29-23(19)24(20,18-6-4-3-5-7-18)10-16-13-27-30-22(14)16/h3-7,11-14,20H,8-10H2,1-2H3,(H,25,26)/t14-,20-,24+/m0/s1. The van der Waals surface area contributed by atoms with Gasteiger partial charge in [-0.2, -0.15) is 5.10 Å². The van der Waals surface area contributed by atoms with Crippen LogP contribution in [-0.2, 0) is 18.3 Å². The summed E-state index contributed by atoms with van der Waals surface area (Å²) >= 11 is 0. The van der Waals surface area contributed by atoms with Gasteiger partial charge in [-0.25, -0.2) is 9.97 Å². The van der Waals surface area contributed by atoms with Gasteiger partial charge in [-0.3, -0.25) is 5.10 Å². The molecule has 0 spiro atoms. The molecule has 3 atom stereocenters. The molecule has 0 radical (unpaired) electrons. The molecule has 0 unspecified atom stereocenters. The van der Waals surface area contributed by atoms with Gasteiger partial charge < -0.3 is 4.52 Å². The van der Waals surface area contributed by atoms with Crippen LogP contribution in [0.4, 0.5) is 0 Å². The monoisotopic (exact) mass is 397 g/mol. The first-order chi connectivity index (χ1) is 14.7. The second-order valence-corrected chi connectivity index (χ2v) is 8.60. The topological polar surface area (TPSA) is 80.5 Å². The summed E-state index contributed by atoms with van der Waals surface area (Å²) in [5.41, 5.74) is 6.71. The summed E-state index contributed by atoms with van der Waals surface area (Å²) in [6.07, 6.45) is 8.52. The zero-order chi connectivity index (χ0) is 20.3. The van der Waals surface area contributed by atoms with Gasteiger partial charge in [-0.05, 0) is 37.7 Å². The van der Waals surface area contributed by atoms with Crippen LogP contribution in [0.1, 0.15) is 53.2 Å². The zero-order valence-corrected chi connectivity index (χ0v) is 17.1. The number of rotatable bonds is 2. The smallest absolute Gasteiger partial charge is 0.143 e. The van der Waals surface area contributed by atoms with Gasteiger partial charge in [-0.15, -0.1) is 0 Å². The van der Waals surface area contributed by atoms with Gasteiger partial charge >= 0.3 is 0 Å². The maximum Gasteiger partial charge on any atom is 0.143 e. The molecule has 0 aliphatic heterocycles. The van der Waals surface area contributed by atoms with E-state index in [-0.39, 0.29) is 11.3 Å². The number of fused-ring (bicyclic) bond motifs is 4. The maximum absolute atomic E-state index is 5.70. The van der Waals surface area contributed by atoms with E-state index in [1.807, 2.05) is 25.5 Å². The fraction of sp³-hybridized carbons (Fsp3) is 0.333. The predicted octanol–water partition coefficient (Wildman–Crippen LogP) is 4.37. The van der Waals surface area contributed by atoms with E-state index in [4.69, 9.17) is 14.5 Å². The third-order valence-electron chi connectivity index (χ3n) is 7.10. The van der Waals surface area contributed by atoms with E-state index in [0.29, 0.717) is 5.92 Å². The van der Waals surface area contributed by atoms with Crippen LogP contribution in [0.25, 0.3) is 11.3 Å². The van der Waals surface area contributed by atoms with Crippen molar-refractivity contribution in [2.75, 3.05) is 0 Å². The van der Waals surface area contributed by atoms with Crippen molar-refractivity contribution in [3.05, 3.63) is 82.9 Å². The van der Waals surface area contributed by atoms with Crippen molar-refractivity contribution in [1.82, 2.24) is 25.3 Å². The number of nitrogens with one attached hydrogen (secondary N) is 1. The Balaban J connectivity index is 1.68. The van der Waals surface area contributed by atoms with Crippen LogP contribution < -0.4 is 0 Å². The quantitative estimate of drug-likeness (QED) is 0.543. The van der Waals surface area contributed by atoms with Crippen LogP contribution in [0.3, 0.4) is 0 Å². The van der Waals surface area contributed by atoms with Crippen LogP contribution in [0.2, 0.25) is 0 Å². The maximum atomic E-state index is 5.70. The molecule has 1 N–H and O–H groups in total. The number of H-pyrrole nitrogens is 1. The van der Waals surface area contributed by atoms with E-state index in [1.54, 1.807) is 0 Å². The molecule has 3 aromatic heterocycles. The Kier molecular flexibility index (Phi) is 3.72. The Morgan fingerprint density at radius 2 is 2.00 bits per heavy atom. The summed E-state index contributed by atoms with van der Waals surface area (Å²) in [4.78, 5) is 9.96. The van der Waals surface area contributed by atoms with E-state index >= 15 is 0 Å². The molecule has 0 fully saturated rings. The molecule has 150 valence electrons. The molecule has 0 amide bonds. The van der Waals surface area contributed by atoms with E-state index in [9.17, 15) is 0 Å². The SMILES string of the molecule is Cc1nc(-c2cn[nH]c2)c2c(n1)[C@@]1(c3ccccc3)Cc3cnoc3[C@@H](C)[C@@H]1CC2. The zero-order valence-electron chi connectivity index (χ0n) is 17.1. The van der Waals surface area contributed by atoms with Gasteiger partial charge in [0.15, 0.2) is 0 Å². The lowest BCUT2D eigenvalue weighted by Crippen LogP contribution is -2.48. The average molecular weight is 397 g/mol. The minimum Gasteiger partial charge on any atom is -0.361 e. The second-order valence-electron chi connectivity index (χ2n) is 8.60. The molecule has 30 heavy (non-hydrogen) atoms. The van der Waals surface area contributed by atoms with Gasteiger partial charge in [0.1, 0.15) is 11.6 Å². The third-order valence-corrected chi connectivity index (χ3v) is 7.10. The summed E-state index contributed by atoms with van der Waals surface area (Å²) in [6, 6.07) is 10.9. The van der Waals surface area contributed by atoms with E-state index < -0.39 is 0 Å². The molecule has 6 rings (SSSR count). The highest BCUT2D eigenvalue weighted by molar-refractivity contribution is 5.65. The number of aromatic nitrogens is 5. The Bertz CT molecular complexity index is 1210. The molecular weight excluding hydrogens is 374 g/mol. The summed E-state index contributed by atoms with van der Waals surface area (Å²) in [6.45, 7) is 4.27. The highest BCUT2D eigenvalue weighted by atomic mass is 16.5. The van der Waals surface area contributed by atoms with Gasteiger partial charge in [0.25, 0.3) is 0 Å². The minimum absolute atomic E-state index is 0.223. The Morgan fingerprint density at radius 1 is 1.13 bits per heavy atom. The van der Waals surface area contributed by atoms with Crippen LogP contribution in [0, 0.1) is 12.8 Å². The molecule has 0 saturated carbocycles. The van der Waals surface area contributed by atoms with Crippen molar-refractivity contribution in [2.24, 2.45) is 5.92 Å². The summed E-state index contributed by atoms with van der Waals surface area (Å²) in [7, 11) is 0. The number of aryl methyl sites for hydroxylation is 1. The van der Waals surface area contributed by atoms with Crippen LogP contribution in [-0.4, -0.2) is 25.3 Å². The normalized spacial score (nSPS) is 24.7. The van der Waals surface area contributed by atoms with Crippen LogP contribution in [0.15, 0.2) is 53.4 Å².